The van der Waals surface area contributed by atoms with E-state index in [0.717, 1.165) is 24.0 Å². The van der Waals surface area contributed by atoms with Gasteiger partial charge >= 0.3 is 6.18 Å². The standard InChI is InChI=1S/C20H15ClF4N4O/c1-11-18-15(29(10-27-18)16-6-5-12(22)9-26-16)7-8-28(11)19(30)13-3-2-4-14(17(13)21)20(23,24)25/h2-6,9-11H,7-8H2,1H3/t11-/m0/s1. The maximum Gasteiger partial charge on any atom is 0.417 e. The molecule has 1 atom stereocenters. The lowest BCUT2D eigenvalue weighted by atomic mass is 10.0. The van der Waals surface area contributed by atoms with Crippen LogP contribution >= 0.6 is 11.6 Å². The molecular weight excluding hydrogens is 424 g/mol. The number of carbonyl (C=O) groups is 1. The summed E-state index contributed by atoms with van der Waals surface area (Å²) in [6.07, 6.45) is -1.62. The lowest BCUT2D eigenvalue weighted by molar-refractivity contribution is -0.137. The predicted octanol–water partition coefficient (Wildman–Crippen LogP) is 4.84. The van der Waals surface area contributed by atoms with Crippen LogP contribution in [0.4, 0.5) is 17.6 Å². The van der Waals surface area contributed by atoms with E-state index in [2.05, 4.69) is 9.97 Å². The third kappa shape index (κ3) is 3.43. The number of hydrogen-bond acceptors (Lipinski definition) is 3. The zero-order chi connectivity index (χ0) is 21.6. The molecule has 4 rings (SSSR count). The molecule has 0 spiro atoms. The summed E-state index contributed by atoms with van der Waals surface area (Å²) in [5.41, 5.74) is 0.151. The highest BCUT2D eigenvalue weighted by Crippen LogP contribution is 2.38. The Morgan fingerprint density at radius 2 is 1.97 bits per heavy atom. The van der Waals surface area contributed by atoms with Crippen LogP contribution in [-0.4, -0.2) is 31.9 Å². The SMILES string of the molecule is C[C@H]1c2ncn(-c3ccc(F)cn3)c2CCN1C(=O)c1cccc(C(F)(F)F)c1Cl. The zero-order valence-corrected chi connectivity index (χ0v) is 16.4. The van der Waals surface area contributed by atoms with Gasteiger partial charge in [0.1, 0.15) is 18.0 Å². The fourth-order valence-corrected chi connectivity index (χ4v) is 3.92. The summed E-state index contributed by atoms with van der Waals surface area (Å²) in [6, 6.07) is 5.59. The average Bonchev–Trinajstić information content (AvgIpc) is 3.13. The molecule has 0 unspecified atom stereocenters. The first-order valence-corrected chi connectivity index (χ1v) is 9.41. The maximum atomic E-state index is 13.2. The molecule has 30 heavy (non-hydrogen) atoms. The largest absolute Gasteiger partial charge is 0.417 e. The fourth-order valence-electron chi connectivity index (χ4n) is 3.61. The highest BCUT2D eigenvalue weighted by atomic mass is 35.5. The summed E-state index contributed by atoms with van der Waals surface area (Å²) in [6.45, 7) is 2.00. The molecular formula is C20H15ClF4N4O. The summed E-state index contributed by atoms with van der Waals surface area (Å²) < 4.78 is 54.3. The van der Waals surface area contributed by atoms with Crippen molar-refractivity contribution in [3.8, 4) is 5.82 Å². The van der Waals surface area contributed by atoms with Gasteiger partial charge in [-0.3, -0.25) is 9.36 Å². The lowest BCUT2D eigenvalue weighted by Gasteiger charge is -2.33. The molecule has 3 heterocycles. The number of alkyl halides is 3. The van der Waals surface area contributed by atoms with E-state index in [4.69, 9.17) is 11.6 Å². The maximum absolute atomic E-state index is 13.2. The van der Waals surface area contributed by atoms with Gasteiger partial charge in [0, 0.05) is 13.0 Å². The molecule has 1 amide bonds. The number of rotatable bonds is 2. The number of imidazole rings is 1. The molecule has 1 aromatic carbocycles. The van der Waals surface area contributed by atoms with Crippen LogP contribution in [0.1, 0.15) is 40.3 Å². The first kappa shape index (κ1) is 20.3. The summed E-state index contributed by atoms with van der Waals surface area (Å²) >= 11 is 5.93. The first-order chi connectivity index (χ1) is 14.2. The van der Waals surface area contributed by atoms with Crippen LogP contribution in [0.3, 0.4) is 0 Å². The molecule has 3 aromatic rings. The lowest BCUT2D eigenvalue weighted by Crippen LogP contribution is -2.39. The fraction of sp³-hybridized carbons (Fsp3) is 0.250. The summed E-state index contributed by atoms with van der Waals surface area (Å²) in [5, 5.41) is -0.617. The number of benzene rings is 1. The Hall–Kier alpha value is -2.94. The highest BCUT2D eigenvalue weighted by Gasteiger charge is 2.37. The van der Waals surface area contributed by atoms with E-state index < -0.39 is 34.5 Å². The molecule has 0 saturated heterocycles. The van der Waals surface area contributed by atoms with Gasteiger partial charge in [-0.25, -0.2) is 14.4 Å². The van der Waals surface area contributed by atoms with Crippen LogP contribution in [-0.2, 0) is 12.6 Å². The molecule has 0 N–H and O–H groups in total. The van der Waals surface area contributed by atoms with Crippen LogP contribution in [0.5, 0.6) is 0 Å². The van der Waals surface area contributed by atoms with Crippen molar-refractivity contribution < 1.29 is 22.4 Å². The topological polar surface area (TPSA) is 51.0 Å². The van der Waals surface area contributed by atoms with Crippen LogP contribution < -0.4 is 0 Å². The van der Waals surface area contributed by atoms with Crippen molar-refractivity contribution in [1.29, 1.82) is 0 Å². The third-order valence-electron chi connectivity index (χ3n) is 5.11. The number of halogens is 5. The number of hydrogen-bond donors (Lipinski definition) is 0. The van der Waals surface area contributed by atoms with E-state index in [1.54, 1.807) is 11.5 Å². The van der Waals surface area contributed by atoms with Crippen LogP contribution in [0.15, 0.2) is 42.9 Å². The molecule has 10 heteroatoms. The van der Waals surface area contributed by atoms with Crippen molar-refractivity contribution in [3.05, 3.63) is 76.2 Å². The number of fused-ring (bicyclic) bond motifs is 1. The van der Waals surface area contributed by atoms with Gasteiger partial charge in [0.15, 0.2) is 0 Å². The first-order valence-electron chi connectivity index (χ1n) is 9.03. The van der Waals surface area contributed by atoms with Crippen molar-refractivity contribution in [3.63, 3.8) is 0 Å². The molecule has 0 saturated carbocycles. The van der Waals surface area contributed by atoms with E-state index >= 15 is 0 Å². The zero-order valence-electron chi connectivity index (χ0n) is 15.6. The second kappa shape index (κ2) is 7.39. The Kier molecular flexibility index (Phi) is 5.01. The Morgan fingerprint density at radius 1 is 1.20 bits per heavy atom. The van der Waals surface area contributed by atoms with E-state index in [-0.39, 0.29) is 12.1 Å². The van der Waals surface area contributed by atoms with Crippen molar-refractivity contribution >= 4 is 17.5 Å². The normalized spacial score (nSPS) is 16.5. The number of aromatic nitrogens is 3. The van der Waals surface area contributed by atoms with Crippen LogP contribution in [0.25, 0.3) is 5.82 Å². The quantitative estimate of drug-likeness (QED) is 0.538. The molecule has 0 radical (unpaired) electrons. The second-order valence-electron chi connectivity index (χ2n) is 6.87. The number of pyridine rings is 1. The Morgan fingerprint density at radius 3 is 2.63 bits per heavy atom. The Balaban J connectivity index is 1.66. The minimum absolute atomic E-state index is 0.207. The van der Waals surface area contributed by atoms with Gasteiger partial charge in [0.05, 0.1) is 39.8 Å². The van der Waals surface area contributed by atoms with Crippen molar-refractivity contribution in [2.24, 2.45) is 0 Å². The van der Waals surface area contributed by atoms with E-state index in [0.29, 0.717) is 17.9 Å². The monoisotopic (exact) mass is 438 g/mol. The summed E-state index contributed by atoms with van der Waals surface area (Å²) in [5.74, 6) is -0.576. The summed E-state index contributed by atoms with van der Waals surface area (Å²) in [7, 11) is 0. The van der Waals surface area contributed by atoms with Gasteiger partial charge in [-0.05, 0) is 31.2 Å². The molecule has 0 fully saturated rings. The molecule has 156 valence electrons. The van der Waals surface area contributed by atoms with E-state index in [1.165, 1.54) is 29.4 Å². The average molecular weight is 439 g/mol. The van der Waals surface area contributed by atoms with E-state index in [9.17, 15) is 22.4 Å². The molecule has 5 nitrogen and oxygen atoms in total. The third-order valence-corrected chi connectivity index (χ3v) is 5.51. The molecule has 0 bridgehead atoms. The van der Waals surface area contributed by atoms with Gasteiger partial charge in [-0.2, -0.15) is 13.2 Å². The Labute approximate surface area is 173 Å². The van der Waals surface area contributed by atoms with Gasteiger partial charge in [0.25, 0.3) is 5.91 Å². The molecule has 2 aromatic heterocycles. The number of amides is 1. The molecule has 0 aliphatic carbocycles. The van der Waals surface area contributed by atoms with Gasteiger partial charge < -0.3 is 4.90 Å². The van der Waals surface area contributed by atoms with Crippen molar-refractivity contribution in [2.45, 2.75) is 25.6 Å². The number of carbonyl (C=O) groups excluding carboxylic acids is 1. The predicted molar refractivity (Wildman–Crippen MR) is 101 cm³/mol. The van der Waals surface area contributed by atoms with Gasteiger partial charge in [-0.1, -0.05) is 17.7 Å². The Bertz CT molecular complexity index is 1110. The van der Waals surface area contributed by atoms with Crippen LogP contribution in [0.2, 0.25) is 5.02 Å². The minimum Gasteiger partial charge on any atom is -0.330 e. The smallest absolute Gasteiger partial charge is 0.330 e. The van der Waals surface area contributed by atoms with Crippen LogP contribution in [0, 0.1) is 5.82 Å². The highest BCUT2D eigenvalue weighted by molar-refractivity contribution is 6.34. The number of nitrogens with zero attached hydrogens (tertiary/aromatic N) is 4. The summed E-state index contributed by atoms with van der Waals surface area (Å²) in [4.78, 5) is 22.9. The molecule has 1 aliphatic heterocycles. The second-order valence-corrected chi connectivity index (χ2v) is 7.25. The minimum atomic E-state index is -4.66. The van der Waals surface area contributed by atoms with Crippen molar-refractivity contribution in [1.82, 2.24) is 19.4 Å². The van der Waals surface area contributed by atoms with E-state index in [1.807, 2.05) is 0 Å². The van der Waals surface area contributed by atoms with Gasteiger partial charge in [0.2, 0.25) is 0 Å². The van der Waals surface area contributed by atoms with Gasteiger partial charge in [-0.15, -0.1) is 0 Å². The van der Waals surface area contributed by atoms with Crippen molar-refractivity contribution in [2.75, 3.05) is 6.54 Å². The molecule has 1 aliphatic rings.